The predicted molar refractivity (Wildman–Crippen MR) is 108 cm³/mol. The molecule has 0 fully saturated rings. The van der Waals surface area contributed by atoms with Crippen molar-refractivity contribution in [3.8, 4) is 0 Å². The van der Waals surface area contributed by atoms with Crippen molar-refractivity contribution in [3.63, 3.8) is 0 Å². The zero-order valence-corrected chi connectivity index (χ0v) is 18.3. The molecule has 128 valence electrons. The molecule has 0 saturated carbocycles. The van der Waals surface area contributed by atoms with Gasteiger partial charge in [-0.2, -0.15) is 0 Å². The minimum atomic E-state index is -1.84. The molecule has 3 heteroatoms. The summed E-state index contributed by atoms with van der Waals surface area (Å²) in [7, 11) is -3.52. The van der Waals surface area contributed by atoms with Crippen LogP contribution in [0, 0.1) is 5.41 Å². The third kappa shape index (κ3) is 3.57. The Balaban J connectivity index is 2.64. The third-order valence-electron chi connectivity index (χ3n) is 5.03. The Bertz CT molecular complexity index is 580. The first-order valence-corrected chi connectivity index (χ1v) is 15.3. The van der Waals surface area contributed by atoms with Crippen molar-refractivity contribution in [3.05, 3.63) is 47.2 Å². The molecule has 2 aliphatic rings. The van der Waals surface area contributed by atoms with E-state index >= 15 is 0 Å². The standard InChI is InChI=1S/C20H34OSi2/c1-19(2,3)18-15-11-12-16-20(18,21-22(4,5)6)23(7,8)17-13-9-10-14-17/h9,11-15H,10,16H2,1-8H3. The fraction of sp³-hybridized carbons (Fsp3) is 0.600. The highest BCUT2D eigenvalue weighted by Crippen LogP contribution is 2.50. The largest absolute Gasteiger partial charge is 0.411 e. The van der Waals surface area contributed by atoms with E-state index in [1.54, 1.807) is 5.20 Å². The van der Waals surface area contributed by atoms with Gasteiger partial charge in [-0.15, -0.1) is 0 Å². The van der Waals surface area contributed by atoms with E-state index in [1.165, 1.54) is 5.57 Å². The first kappa shape index (κ1) is 18.7. The summed E-state index contributed by atoms with van der Waals surface area (Å²) in [4.78, 5) is 0. The van der Waals surface area contributed by atoms with Crippen LogP contribution in [0.1, 0.15) is 33.6 Å². The molecule has 1 atom stereocenters. The lowest BCUT2D eigenvalue weighted by atomic mass is 9.79. The van der Waals surface area contributed by atoms with Gasteiger partial charge in [0.15, 0.2) is 8.32 Å². The summed E-state index contributed by atoms with van der Waals surface area (Å²) >= 11 is 0. The van der Waals surface area contributed by atoms with E-state index in [1.807, 2.05) is 0 Å². The Morgan fingerprint density at radius 3 is 2.17 bits per heavy atom. The maximum absolute atomic E-state index is 7.09. The topological polar surface area (TPSA) is 9.23 Å². The van der Waals surface area contributed by atoms with E-state index in [-0.39, 0.29) is 10.6 Å². The molecular weight excluding hydrogens is 312 g/mol. The van der Waals surface area contributed by atoms with E-state index in [9.17, 15) is 0 Å². The Morgan fingerprint density at radius 2 is 1.70 bits per heavy atom. The van der Waals surface area contributed by atoms with Crippen molar-refractivity contribution < 1.29 is 4.43 Å². The zero-order valence-electron chi connectivity index (χ0n) is 16.3. The second-order valence-electron chi connectivity index (χ2n) is 9.43. The molecule has 0 saturated heterocycles. The summed E-state index contributed by atoms with van der Waals surface area (Å²) < 4.78 is 7.09. The predicted octanol–water partition coefficient (Wildman–Crippen LogP) is 6.18. The lowest BCUT2D eigenvalue weighted by molar-refractivity contribution is 0.151. The van der Waals surface area contributed by atoms with Crippen molar-refractivity contribution in [2.75, 3.05) is 0 Å². The molecule has 0 heterocycles. The van der Waals surface area contributed by atoms with Gasteiger partial charge in [-0.1, -0.05) is 75.5 Å². The molecule has 2 rings (SSSR count). The zero-order chi connectivity index (χ0) is 17.5. The minimum absolute atomic E-state index is 0.120. The van der Waals surface area contributed by atoms with Crippen LogP contribution in [0.15, 0.2) is 47.2 Å². The van der Waals surface area contributed by atoms with Crippen LogP contribution >= 0.6 is 0 Å². The van der Waals surface area contributed by atoms with E-state index < -0.39 is 16.4 Å². The number of allylic oxidation sites excluding steroid dienone is 6. The van der Waals surface area contributed by atoms with Gasteiger partial charge in [-0.05, 0) is 43.5 Å². The molecule has 0 aromatic carbocycles. The maximum atomic E-state index is 7.09. The summed E-state index contributed by atoms with van der Waals surface area (Å²) in [5, 5.41) is 1.44. The molecule has 23 heavy (non-hydrogen) atoms. The highest BCUT2D eigenvalue weighted by Gasteiger charge is 2.55. The normalized spacial score (nSPS) is 25.6. The number of rotatable bonds is 4. The molecule has 0 aromatic heterocycles. The number of hydrogen-bond donors (Lipinski definition) is 0. The Hall–Kier alpha value is -0.646. The minimum Gasteiger partial charge on any atom is -0.411 e. The van der Waals surface area contributed by atoms with Crippen LogP contribution in [0.3, 0.4) is 0 Å². The van der Waals surface area contributed by atoms with Gasteiger partial charge in [-0.3, -0.25) is 0 Å². The van der Waals surface area contributed by atoms with Crippen LogP contribution in [0.25, 0.3) is 0 Å². The van der Waals surface area contributed by atoms with Gasteiger partial charge < -0.3 is 4.43 Å². The molecule has 2 aliphatic carbocycles. The molecular formula is C20H34OSi2. The second kappa shape index (κ2) is 6.01. The van der Waals surface area contributed by atoms with Gasteiger partial charge in [0.05, 0.1) is 5.22 Å². The summed E-state index contributed by atoms with van der Waals surface area (Å²) in [6.07, 6.45) is 16.1. The molecule has 0 N–H and O–H groups in total. The molecule has 0 radical (unpaired) electrons. The fourth-order valence-corrected chi connectivity index (χ4v) is 10.6. The van der Waals surface area contributed by atoms with Gasteiger partial charge in [0.1, 0.15) is 8.07 Å². The van der Waals surface area contributed by atoms with Gasteiger partial charge in [0.25, 0.3) is 0 Å². The van der Waals surface area contributed by atoms with Crippen LogP contribution in [0.4, 0.5) is 0 Å². The first-order chi connectivity index (χ1) is 10.4. The van der Waals surface area contributed by atoms with Crippen LogP contribution in [-0.4, -0.2) is 21.6 Å². The fourth-order valence-electron chi connectivity index (χ4n) is 3.99. The highest BCUT2D eigenvalue weighted by atomic mass is 28.4. The van der Waals surface area contributed by atoms with E-state index in [0.717, 1.165) is 12.8 Å². The average molecular weight is 347 g/mol. The monoisotopic (exact) mass is 346 g/mol. The Kier molecular flexibility index (Phi) is 4.89. The molecule has 0 aromatic rings. The smallest absolute Gasteiger partial charge is 0.184 e. The molecule has 0 amide bonds. The van der Waals surface area contributed by atoms with Crippen molar-refractivity contribution in [2.24, 2.45) is 5.41 Å². The van der Waals surface area contributed by atoms with E-state index in [2.05, 4.69) is 90.0 Å². The van der Waals surface area contributed by atoms with E-state index in [4.69, 9.17) is 4.43 Å². The average Bonchev–Trinajstić information content (AvgIpc) is 2.90. The Morgan fingerprint density at radius 1 is 1.04 bits per heavy atom. The van der Waals surface area contributed by atoms with Crippen molar-refractivity contribution in [2.45, 2.75) is 71.6 Å². The molecule has 1 unspecified atom stereocenters. The maximum Gasteiger partial charge on any atom is 0.184 e. The molecule has 0 bridgehead atoms. The van der Waals surface area contributed by atoms with Gasteiger partial charge in [-0.25, -0.2) is 0 Å². The summed E-state index contributed by atoms with van der Waals surface area (Å²) in [5.74, 6) is 0. The van der Waals surface area contributed by atoms with Crippen LogP contribution < -0.4 is 0 Å². The molecule has 0 spiro atoms. The van der Waals surface area contributed by atoms with Gasteiger partial charge >= 0.3 is 0 Å². The Labute approximate surface area is 145 Å². The highest BCUT2D eigenvalue weighted by molar-refractivity contribution is 6.89. The van der Waals surface area contributed by atoms with Crippen LogP contribution in [0.2, 0.25) is 32.7 Å². The molecule has 0 aliphatic heterocycles. The lowest BCUT2D eigenvalue weighted by Gasteiger charge is -2.54. The van der Waals surface area contributed by atoms with Gasteiger partial charge in [0.2, 0.25) is 0 Å². The quantitative estimate of drug-likeness (QED) is 0.552. The third-order valence-corrected chi connectivity index (χ3v) is 10.6. The SMILES string of the molecule is CC(C)(C)C1=CC=CCC1(O[Si](C)(C)C)[Si](C)(C)C1=CCC=C1. The summed E-state index contributed by atoms with van der Waals surface area (Å²) in [6, 6.07) is 0. The first-order valence-electron chi connectivity index (χ1n) is 8.85. The summed E-state index contributed by atoms with van der Waals surface area (Å²) in [6.45, 7) is 19.0. The van der Waals surface area contributed by atoms with Gasteiger partial charge in [0, 0.05) is 0 Å². The van der Waals surface area contributed by atoms with Crippen LogP contribution in [0.5, 0.6) is 0 Å². The molecule has 1 nitrogen and oxygen atoms in total. The van der Waals surface area contributed by atoms with Crippen molar-refractivity contribution in [1.29, 1.82) is 0 Å². The van der Waals surface area contributed by atoms with E-state index in [0.29, 0.717) is 0 Å². The van der Waals surface area contributed by atoms with Crippen molar-refractivity contribution >= 4 is 16.4 Å². The second-order valence-corrected chi connectivity index (χ2v) is 18.5. The van der Waals surface area contributed by atoms with Crippen molar-refractivity contribution in [1.82, 2.24) is 0 Å². The van der Waals surface area contributed by atoms with Crippen LogP contribution in [-0.2, 0) is 4.43 Å². The summed E-state index contributed by atoms with van der Waals surface area (Å²) in [5.41, 5.74) is 1.62. The lowest BCUT2D eigenvalue weighted by Crippen LogP contribution is -2.63. The number of hydrogen-bond acceptors (Lipinski definition) is 1.